The third kappa shape index (κ3) is 2.62. The molecule has 0 aromatic heterocycles. The van der Waals surface area contributed by atoms with Gasteiger partial charge in [0.05, 0.1) is 11.6 Å². The van der Waals surface area contributed by atoms with Crippen LogP contribution in [0.1, 0.15) is 31.2 Å². The molecule has 1 aromatic carbocycles. The number of aliphatic carboxylic acids is 1. The Hall–Kier alpha value is -2.02. The molecule has 0 aliphatic carbocycles. The number of anilines is 1. The summed E-state index contributed by atoms with van der Waals surface area (Å²) in [6.45, 7) is 0.767. The Balaban J connectivity index is 2.26. The molecule has 94 valence electrons. The number of carboxylic acid groups (broad SMARTS) is 1. The van der Waals surface area contributed by atoms with Crippen LogP contribution >= 0.6 is 0 Å². The highest BCUT2D eigenvalue weighted by molar-refractivity contribution is 5.78. The second kappa shape index (κ2) is 5.54. The Morgan fingerprint density at radius 3 is 2.61 bits per heavy atom. The van der Waals surface area contributed by atoms with Gasteiger partial charge in [-0.3, -0.25) is 0 Å². The summed E-state index contributed by atoms with van der Waals surface area (Å²) in [6, 6.07) is 8.76. The molecule has 1 saturated heterocycles. The molecule has 4 heteroatoms. The van der Waals surface area contributed by atoms with Crippen LogP contribution in [0.2, 0.25) is 0 Å². The lowest BCUT2D eigenvalue weighted by Gasteiger charge is -2.29. The first-order chi connectivity index (χ1) is 8.72. The molecule has 18 heavy (non-hydrogen) atoms. The van der Waals surface area contributed by atoms with E-state index in [9.17, 15) is 9.90 Å². The molecule has 1 N–H and O–H groups in total. The number of nitrogens with zero attached hydrogens (tertiary/aromatic N) is 2. The second-order valence-corrected chi connectivity index (χ2v) is 4.56. The fraction of sp³-hybridized carbons (Fsp3) is 0.429. The summed E-state index contributed by atoms with van der Waals surface area (Å²) in [5.74, 6) is -0.763. The van der Waals surface area contributed by atoms with Gasteiger partial charge in [0.2, 0.25) is 0 Å². The fourth-order valence-electron chi connectivity index (χ4n) is 2.40. The third-order valence-corrected chi connectivity index (χ3v) is 3.37. The topological polar surface area (TPSA) is 64.3 Å². The average molecular weight is 244 g/mol. The van der Waals surface area contributed by atoms with Crippen LogP contribution in [0.5, 0.6) is 0 Å². The molecular formula is C14H16N2O2. The highest BCUT2D eigenvalue weighted by atomic mass is 16.4. The molecule has 0 bridgehead atoms. The summed E-state index contributed by atoms with van der Waals surface area (Å²) < 4.78 is 0. The molecule has 4 nitrogen and oxygen atoms in total. The molecule has 1 atom stereocenters. The number of hydrogen-bond acceptors (Lipinski definition) is 3. The Labute approximate surface area is 106 Å². The van der Waals surface area contributed by atoms with Crippen LogP contribution in [-0.2, 0) is 4.79 Å². The lowest BCUT2D eigenvalue weighted by atomic mass is 10.1. The van der Waals surface area contributed by atoms with Gasteiger partial charge in [-0.1, -0.05) is 12.8 Å². The molecule has 0 saturated carbocycles. The monoisotopic (exact) mass is 244 g/mol. The third-order valence-electron chi connectivity index (χ3n) is 3.37. The Morgan fingerprint density at radius 1 is 1.28 bits per heavy atom. The van der Waals surface area contributed by atoms with Gasteiger partial charge in [-0.05, 0) is 37.1 Å². The minimum atomic E-state index is -0.763. The molecule has 2 rings (SSSR count). The SMILES string of the molecule is N#Cc1ccc(N2CCCCCC2C(=O)O)cc1. The number of rotatable bonds is 2. The van der Waals surface area contributed by atoms with Crippen molar-refractivity contribution in [2.24, 2.45) is 0 Å². The van der Waals surface area contributed by atoms with Gasteiger partial charge < -0.3 is 10.0 Å². The van der Waals surface area contributed by atoms with E-state index in [1.54, 1.807) is 12.1 Å². The van der Waals surface area contributed by atoms with Crippen molar-refractivity contribution in [1.29, 1.82) is 5.26 Å². The van der Waals surface area contributed by atoms with E-state index in [2.05, 4.69) is 6.07 Å². The standard InChI is InChI=1S/C14H16N2O2/c15-10-11-5-7-12(8-6-11)16-9-3-1-2-4-13(16)14(17)18/h5-8,13H,1-4,9H2,(H,17,18). The zero-order chi connectivity index (χ0) is 13.0. The van der Waals surface area contributed by atoms with Crippen LogP contribution < -0.4 is 4.90 Å². The Bertz CT molecular complexity index is 462. The minimum absolute atomic E-state index is 0.444. The van der Waals surface area contributed by atoms with Gasteiger partial charge in [0, 0.05) is 12.2 Å². The summed E-state index contributed by atoms with van der Waals surface area (Å²) >= 11 is 0. The predicted molar refractivity (Wildman–Crippen MR) is 68.4 cm³/mol. The average Bonchev–Trinajstić information content (AvgIpc) is 2.64. The molecule has 1 unspecified atom stereocenters. The summed E-state index contributed by atoms with van der Waals surface area (Å²) in [5, 5.41) is 18.1. The van der Waals surface area contributed by atoms with E-state index in [0.29, 0.717) is 12.0 Å². The highest BCUT2D eigenvalue weighted by Gasteiger charge is 2.27. The zero-order valence-corrected chi connectivity index (χ0v) is 10.2. The van der Waals surface area contributed by atoms with Crippen molar-refractivity contribution in [3.05, 3.63) is 29.8 Å². The van der Waals surface area contributed by atoms with E-state index < -0.39 is 12.0 Å². The number of carbonyl (C=O) groups is 1. The van der Waals surface area contributed by atoms with Crippen LogP contribution in [-0.4, -0.2) is 23.7 Å². The smallest absolute Gasteiger partial charge is 0.326 e. The summed E-state index contributed by atoms with van der Waals surface area (Å²) in [6.07, 6.45) is 3.75. The maximum absolute atomic E-state index is 11.3. The van der Waals surface area contributed by atoms with E-state index in [1.807, 2.05) is 17.0 Å². The van der Waals surface area contributed by atoms with Gasteiger partial charge in [0.1, 0.15) is 6.04 Å². The maximum Gasteiger partial charge on any atom is 0.326 e. The summed E-state index contributed by atoms with van der Waals surface area (Å²) in [7, 11) is 0. The van der Waals surface area contributed by atoms with Gasteiger partial charge >= 0.3 is 5.97 Å². The summed E-state index contributed by atoms with van der Waals surface area (Å²) in [5.41, 5.74) is 1.49. The lowest BCUT2D eigenvalue weighted by molar-refractivity contribution is -0.138. The normalized spacial score (nSPS) is 19.9. The van der Waals surface area contributed by atoms with Crippen molar-refractivity contribution < 1.29 is 9.90 Å². The van der Waals surface area contributed by atoms with Gasteiger partial charge in [0.15, 0.2) is 0 Å². The first kappa shape index (κ1) is 12.4. The van der Waals surface area contributed by atoms with Crippen LogP contribution in [0.15, 0.2) is 24.3 Å². The van der Waals surface area contributed by atoms with Crippen molar-refractivity contribution >= 4 is 11.7 Å². The first-order valence-electron chi connectivity index (χ1n) is 6.22. The van der Waals surface area contributed by atoms with Crippen molar-refractivity contribution in [1.82, 2.24) is 0 Å². The van der Waals surface area contributed by atoms with E-state index in [-0.39, 0.29) is 0 Å². The van der Waals surface area contributed by atoms with Crippen LogP contribution in [0.4, 0.5) is 5.69 Å². The molecule has 1 aliphatic heterocycles. The molecule has 1 fully saturated rings. The Kier molecular flexibility index (Phi) is 3.83. The zero-order valence-electron chi connectivity index (χ0n) is 10.2. The lowest BCUT2D eigenvalue weighted by Crippen LogP contribution is -2.40. The summed E-state index contributed by atoms with van der Waals surface area (Å²) in [4.78, 5) is 13.3. The number of hydrogen-bond donors (Lipinski definition) is 1. The molecule has 1 heterocycles. The van der Waals surface area contributed by atoms with E-state index in [1.165, 1.54) is 0 Å². The van der Waals surface area contributed by atoms with Crippen molar-refractivity contribution in [2.75, 3.05) is 11.4 Å². The number of benzene rings is 1. The van der Waals surface area contributed by atoms with Gasteiger partial charge in [-0.15, -0.1) is 0 Å². The Morgan fingerprint density at radius 2 is 2.00 bits per heavy atom. The largest absolute Gasteiger partial charge is 0.480 e. The van der Waals surface area contributed by atoms with Crippen LogP contribution in [0.25, 0.3) is 0 Å². The van der Waals surface area contributed by atoms with Crippen LogP contribution in [0, 0.1) is 11.3 Å². The molecular weight excluding hydrogens is 228 g/mol. The fourth-order valence-corrected chi connectivity index (χ4v) is 2.40. The van der Waals surface area contributed by atoms with Gasteiger partial charge in [0.25, 0.3) is 0 Å². The first-order valence-corrected chi connectivity index (χ1v) is 6.22. The molecule has 0 radical (unpaired) electrons. The van der Waals surface area contributed by atoms with Crippen molar-refractivity contribution in [2.45, 2.75) is 31.7 Å². The van der Waals surface area contributed by atoms with Crippen molar-refractivity contribution in [3.8, 4) is 6.07 Å². The van der Waals surface area contributed by atoms with Crippen molar-refractivity contribution in [3.63, 3.8) is 0 Å². The van der Waals surface area contributed by atoms with E-state index >= 15 is 0 Å². The maximum atomic E-state index is 11.3. The predicted octanol–water partition coefficient (Wildman–Crippen LogP) is 2.39. The van der Waals surface area contributed by atoms with Gasteiger partial charge in [-0.2, -0.15) is 5.26 Å². The van der Waals surface area contributed by atoms with Gasteiger partial charge in [-0.25, -0.2) is 4.79 Å². The second-order valence-electron chi connectivity index (χ2n) is 4.56. The number of nitriles is 1. The molecule has 0 amide bonds. The highest BCUT2D eigenvalue weighted by Crippen LogP contribution is 2.24. The molecule has 1 aromatic rings. The van der Waals surface area contributed by atoms with E-state index in [4.69, 9.17) is 5.26 Å². The molecule has 1 aliphatic rings. The van der Waals surface area contributed by atoms with Crippen LogP contribution in [0.3, 0.4) is 0 Å². The minimum Gasteiger partial charge on any atom is -0.480 e. The number of carboxylic acids is 1. The molecule has 0 spiro atoms. The van der Waals surface area contributed by atoms with E-state index in [0.717, 1.165) is 31.5 Å². The quantitative estimate of drug-likeness (QED) is 0.867.